The van der Waals surface area contributed by atoms with Crippen molar-refractivity contribution in [3.63, 3.8) is 0 Å². The van der Waals surface area contributed by atoms with E-state index < -0.39 is 46.0 Å². The minimum atomic E-state index is -0.895. The lowest BCUT2D eigenvalue weighted by molar-refractivity contribution is -0.386. The number of amides is 4. The summed E-state index contributed by atoms with van der Waals surface area (Å²) in [4.78, 5) is 75.7. The fourth-order valence-corrected chi connectivity index (χ4v) is 9.94. The number of carbonyl (C=O) groups excluding carboxylic acids is 4. The van der Waals surface area contributed by atoms with Crippen molar-refractivity contribution >= 4 is 52.3 Å². The summed E-state index contributed by atoms with van der Waals surface area (Å²) in [6.07, 6.45) is 2.51. The zero-order chi connectivity index (χ0) is 50.1. The number of aliphatic hydroxyl groups excluding tert-OH is 1. The standard InChI is InChI=1S/C51H61ClN8O9S/c1-32-46(70-31-54-32)37-13-11-34(12-14-37)29-53-48(63)41-28-39(61)30-59(41)50(65)47(51(3,4)5)55-42(62)10-8-6-7-9-27-68-40-21-17-36(18-22-40)45(35-15-19-38(52)20-16-35)57-23-25-58(26-24-57)49(64)43-44(60(66)67)33(2)69-56-43/h11-22,31,39,41,45,47,61H,6-10,23-30H2,1-5H3,(H,53,63)(H,55,62)/t39-,41+,45?,47-/m1/s1. The molecule has 2 fully saturated rings. The van der Waals surface area contributed by atoms with Crippen LogP contribution in [0.15, 0.2) is 82.8 Å². The van der Waals surface area contributed by atoms with Crippen LogP contribution >= 0.6 is 22.9 Å². The number of rotatable bonds is 19. The molecule has 0 bridgehead atoms. The molecule has 4 heterocycles. The number of unbranched alkanes of at least 4 members (excludes halogenated alkanes) is 3. The van der Waals surface area contributed by atoms with Gasteiger partial charge in [-0.25, -0.2) is 4.98 Å². The monoisotopic (exact) mass is 996 g/mol. The highest BCUT2D eigenvalue weighted by Crippen LogP contribution is 2.33. The highest BCUT2D eigenvalue weighted by molar-refractivity contribution is 7.13. The zero-order valence-electron chi connectivity index (χ0n) is 40.2. The number of nitrogens with zero attached hydrogens (tertiary/aromatic N) is 6. The predicted molar refractivity (Wildman–Crippen MR) is 265 cm³/mol. The van der Waals surface area contributed by atoms with E-state index in [1.807, 2.05) is 106 Å². The van der Waals surface area contributed by atoms with Crippen molar-refractivity contribution in [1.82, 2.24) is 35.5 Å². The highest BCUT2D eigenvalue weighted by Gasteiger charge is 2.44. The van der Waals surface area contributed by atoms with Crippen molar-refractivity contribution in [1.29, 1.82) is 0 Å². The average molecular weight is 998 g/mol. The minimum Gasteiger partial charge on any atom is -0.494 e. The van der Waals surface area contributed by atoms with Crippen molar-refractivity contribution in [3.8, 4) is 16.2 Å². The smallest absolute Gasteiger partial charge is 0.344 e. The fourth-order valence-electron chi connectivity index (χ4n) is 9.01. The van der Waals surface area contributed by atoms with Crippen molar-refractivity contribution in [2.24, 2.45) is 5.41 Å². The lowest BCUT2D eigenvalue weighted by Gasteiger charge is -2.39. The molecule has 372 valence electrons. The summed E-state index contributed by atoms with van der Waals surface area (Å²) >= 11 is 7.82. The number of aromatic nitrogens is 2. The second kappa shape index (κ2) is 23.1. The first-order valence-corrected chi connectivity index (χ1v) is 24.9. The summed E-state index contributed by atoms with van der Waals surface area (Å²) in [7, 11) is 0. The van der Waals surface area contributed by atoms with Gasteiger partial charge in [0, 0.05) is 64.1 Å². The van der Waals surface area contributed by atoms with E-state index in [1.54, 1.807) is 16.2 Å². The average Bonchev–Trinajstić information content (AvgIpc) is 4.08. The summed E-state index contributed by atoms with van der Waals surface area (Å²) in [6.45, 7) is 11.4. The lowest BCUT2D eigenvalue weighted by Crippen LogP contribution is -2.57. The number of hydrogen-bond donors (Lipinski definition) is 3. The van der Waals surface area contributed by atoms with Crippen molar-refractivity contribution < 1.29 is 38.5 Å². The lowest BCUT2D eigenvalue weighted by atomic mass is 9.85. The summed E-state index contributed by atoms with van der Waals surface area (Å²) in [5.41, 5.74) is 5.41. The van der Waals surface area contributed by atoms with Crippen LogP contribution in [0.4, 0.5) is 5.69 Å². The van der Waals surface area contributed by atoms with Gasteiger partial charge in [-0.15, -0.1) is 11.3 Å². The van der Waals surface area contributed by atoms with Crippen LogP contribution in [0.25, 0.3) is 10.4 Å². The molecule has 0 aliphatic carbocycles. The first-order valence-electron chi connectivity index (χ1n) is 23.7. The van der Waals surface area contributed by atoms with Crippen LogP contribution in [0.1, 0.15) is 104 Å². The molecule has 17 nitrogen and oxygen atoms in total. The Labute approximate surface area is 416 Å². The van der Waals surface area contributed by atoms with E-state index in [9.17, 15) is 34.4 Å². The largest absolute Gasteiger partial charge is 0.494 e. The molecule has 19 heteroatoms. The van der Waals surface area contributed by atoms with Crippen molar-refractivity contribution in [2.75, 3.05) is 39.3 Å². The molecule has 4 amide bonds. The molecule has 2 aliphatic heterocycles. The number of carbonyl (C=O) groups is 4. The Kier molecular flexibility index (Phi) is 17.1. The van der Waals surface area contributed by atoms with Crippen LogP contribution in [-0.4, -0.2) is 116 Å². The molecule has 2 aromatic heterocycles. The molecular formula is C51H61ClN8O9S. The SMILES string of the molecule is Cc1ncsc1-c1ccc(CNC(=O)[C@@H]2C[C@@H](O)CN2C(=O)[C@@H](NC(=O)CCCCCCOc2ccc(C(c3ccc(Cl)cc3)N3CCN(C(=O)c4noc(C)c4[N+](=O)[O-])CC3)cc2)C(C)(C)C)cc1. The third-order valence-corrected chi connectivity index (χ3v) is 14.1. The van der Waals surface area contributed by atoms with Gasteiger partial charge in [0.25, 0.3) is 5.91 Å². The molecule has 70 heavy (non-hydrogen) atoms. The number of benzene rings is 3. The Morgan fingerprint density at radius 3 is 2.23 bits per heavy atom. The molecular weight excluding hydrogens is 936 g/mol. The molecule has 4 atom stereocenters. The van der Waals surface area contributed by atoms with Gasteiger partial charge in [-0.2, -0.15) is 0 Å². The summed E-state index contributed by atoms with van der Waals surface area (Å²) in [6, 6.07) is 21.5. The zero-order valence-corrected chi connectivity index (χ0v) is 41.8. The highest BCUT2D eigenvalue weighted by atomic mass is 35.5. The minimum absolute atomic E-state index is 0.00513. The van der Waals surface area contributed by atoms with Gasteiger partial charge < -0.3 is 34.8 Å². The van der Waals surface area contributed by atoms with E-state index in [0.29, 0.717) is 50.0 Å². The van der Waals surface area contributed by atoms with Crippen LogP contribution in [0.5, 0.6) is 5.75 Å². The van der Waals surface area contributed by atoms with Gasteiger partial charge in [0.2, 0.25) is 29.2 Å². The van der Waals surface area contributed by atoms with Crippen LogP contribution in [0.3, 0.4) is 0 Å². The molecule has 3 aromatic carbocycles. The van der Waals surface area contributed by atoms with Gasteiger partial charge >= 0.3 is 5.69 Å². The molecule has 5 aromatic rings. The molecule has 1 unspecified atom stereocenters. The molecule has 0 saturated carbocycles. The van der Waals surface area contributed by atoms with Gasteiger partial charge in [-0.3, -0.25) is 34.2 Å². The number of hydrogen-bond acceptors (Lipinski definition) is 13. The number of piperazine rings is 1. The third-order valence-electron chi connectivity index (χ3n) is 12.8. The van der Waals surface area contributed by atoms with Crippen LogP contribution < -0.4 is 15.4 Å². The Morgan fingerprint density at radius 1 is 0.943 bits per heavy atom. The number of nitro groups is 1. The van der Waals surface area contributed by atoms with Gasteiger partial charge in [0.15, 0.2) is 0 Å². The second-order valence-electron chi connectivity index (χ2n) is 19.0. The maximum atomic E-state index is 14.1. The molecule has 0 radical (unpaired) electrons. The van der Waals surface area contributed by atoms with Gasteiger partial charge in [-0.1, -0.05) is 98.9 Å². The number of aliphatic hydroxyl groups is 1. The summed E-state index contributed by atoms with van der Waals surface area (Å²) in [5, 5.41) is 32.4. The number of aryl methyl sites for hydroxylation is 2. The quantitative estimate of drug-likeness (QED) is 0.0413. The first-order chi connectivity index (χ1) is 33.5. The predicted octanol–water partition coefficient (Wildman–Crippen LogP) is 7.66. The number of β-amino-alcohol motifs (C(OH)–C–C–N with tert-alkyl or cyclic N) is 1. The van der Waals surface area contributed by atoms with Crippen molar-refractivity contribution in [2.45, 2.75) is 104 Å². The number of nitrogens with one attached hydrogen (secondary N) is 2. The first kappa shape index (κ1) is 51.6. The normalized spacial score (nSPS) is 17.2. The number of halogens is 1. The number of thiazole rings is 1. The van der Waals surface area contributed by atoms with E-state index in [4.69, 9.17) is 20.9 Å². The molecule has 7 rings (SSSR count). The van der Waals surface area contributed by atoms with E-state index in [0.717, 1.165) is 52.1 Å². The maximum absolute atomic E-state index is 14.1. The maximum Gasteiger partial charge on any atom is 0.344 e. The molecule has 2 aliphatic rings. The van der Waals surface area contributed by atoms with Gasteiger partial charge in [-0.05, 0) is 71.7 Å². The Morgan fingerprint density at radius 2 is 1.60 bits per heavy atom. The molecule has 0 spiro atoms. The van der Waals surface area contributed by atoms with Crippen LogP contribution in [0.2, 0.25) is 5.02 Å². The Bertz CT molecular complexity index is 2610. The summed E-state index contributed by atoms with van der Waals surface area (Å²) < 4.78 is 11.1. The van der Waals surface area contributed by atoms with E-state index >= 15 is 0 Å². The van der Waals surface area contributed by atoms with Crippen molar-refractivity contribution in [3.05, 3.63) is 127 Å². The third kappa shape index (κ3) is 12.8. The number of likely N-dealkylation sites (tertiary alicyclic amines) is 1. The van der Waals surface area contributed by atoms with Crippen LogP contribution in [-0.2, 0) is 20.9 Å². The second-order valence-corrected chi connectivity index (χ2v) is 20.3. The molecule has 3 N–H and O–H groups in total. The van der Waals surface area contributed by atoms with Gasteiger partial charge in [0.05, 0.1) is 39.8 Å². The molecule has 2 saturated heterocycles. The Hall–Kier alpha value is -6.21. The Balaban J connectivity index is 0.847. The summed E-state index contributed by atoms with van der Waals surface area (Å²) in [5.74, 6) is -0.828. The fraction of sp³-hybridized carbons (Fsp3) is 0.451. The van der Waals surface area contributed by atoms with Gasteiger partial charge in [0.1, 0.15) is 17.8 Å². The number of ether oxygens (including phenoxy) is 1. The van der Waals surface area contributed by atoms with Crippen LogP contribution in [0, 0.1) is 29.4 Å². The topological polar surface area (TPSA) is 214 Å². The van der Waals surface area contributed by atoms with E-state index in [-0.39, 0.29) is 55.2 Å². The van der Waals surface area contributed by atoms with E-state index in [1.165, 1.54) is 11.8 Å². The van der Waals surface area contributed by atoms with E-state index in [2.05, 4.69) is 25.7 Å².